The highest BCUT2D eigenvalue weighted by Crippen LogP contribution is 2.00. The lowest BCUT2D eigenvalue weighted by Crippen LogP contribution is -2.22. The molecular formula is C11H13ClO. The van der Waals surface area contributed by atoms with E-state index in [1.54, 1.807) is 12.3 Å². The van der Waals surface area contributed by atoms with E-state index in [2.05, 4.69) is 20.4 Å². The van der Waals surface area contributed by atoms with E-state index in [4.69, 9.17) is 16.0 Å². The highest BCUT2D eigenvalue weighted by molar-refractivity contribution is 6.47. The molecule has 1 aromatic heterocycles. The van der Waals surface area contributed by atoms with Crippen molar-refractivity contribution in [3.8, 4) is 0 Å². The van der Waals surface area contributed by atoms with Crippen molar-refractivity contribution >= 4 is 22.2 Å². The van der Waals surface area contributed by atoms with Gasteiger partial charge in [-0.1, -0.05) is 30.7 Å². The minimum absolute atomic E-state index is 0.563. The van der Waals surface area contributed by atoms with E-state index in [1.807, 2.05) is 6.07 Å². The van der Waals surface area contributed by atoms with Crippen molar-refractivity contribution in [2.24, 2.45) is 0 Å². The predicted molar refractivity (Wildman–Crippen MR) is 56.8 cm³/mol. The van der Waals surface area contributed by atoms with Crippen molar-refractivity contribution in [3.63, 3.8) is 0 Å². The Bertz CT molecular complexity index is 412. The quantitative estimate of drug-likeness (QED) is 0.708. The molecule has 0 unspecified atom stereocenters. The van der Waals surface area contributed by atoms with Crippen molar-refractivity contribution < 1.29 is 4.42 Å². The minimum Gasteiger partial charge on any atom is -0.463 e. The van der Waals surface area contributed by atoms with Crippen molar-refractivity contribution in [2.45, 2.75) is 20.3 Å². The second kappa shape index (κ2) is 4.33. The van der Waals surface area contributed by atoms with Crippen molar-refractivity contribution in [1.29, 1.82) is 0 Å². The van der Waals surface area contributed by atoms with E-state index in [0.717, 1.165) is 17.1 Å². The largest absolute Gasteiger partial charge is 0.463 e. The first-order valence-corrected chi connectivity index (χ1v) is 4.64. The summed E-state index contributed by atoms with van der Waals surface area (Å²) >= 11 is 5.93. The molecule has 0 bridgehead atoms. The first-order valence-electron chi connectivity index (χ1n) is 4.26. The molecule has 0 N–H and O–H groups in total. The predicted octanol–water partition coefficient (Wildman–Crippen LogP) is 2.39. The molecule has 0 aliphatic carbocycles. The lowest BCUT2D eigenvalue weighted by atomic mass is 10.2. The van der Waals surface area contributed by atoms with Crippen LogP contribution in [0.1, 0.15) is 20.3 Å². The zero-order valence-electron chi connectivity index (χ0n) is 7.93. The van der Waals surface area contributed by atoms with Crippen molar-refractivity contribution in [1.82, 2.24) is 0 Å². The Kier molecular flexibility index (Phi) is 3.38. The maximum atomic E-state index is 5.93. The maximum absolute atomic E-state index is 5.93. The molecule has 0 aliphatic rings. The Labute approximate surface area is 83.0 Å². The van der Waals surface area contributed by atoms with Gasteiger partial charge in [-0.05, 0) is 25.5 Å². The second-order valence-electron chi connectivity index (χ2n) is 2.85. The van der Waals surface area contributed by atoms with E-state index in [1.165, 1.54) is 5.57 Å². The minimum atomic E-state index is 0.563. The number of hydrogen-bond donors (Lipinski definition) is 0. The van der Waals surface area contributed by atoms with Crippen LogP contribution in [0.3, 0.4) is 0 Å². The lowest BCUT2D eigenvalue weighted by molar-refractivity contribution is 0.530. The van der Waals surface area contributed by atoms with E-state index >= 15 is 0 Å². The number of halogens is 1. The summed E-state index contributed by atoms with van der Waals surface area (Å²) in [6, 6.07) is 1.93. The second-order valence-corrected chi connectivity index (χ2v) is 3.26. The van der Waals surface area contributed by atoms with Crippen molar-refractivity contribution in [3.05, 3.63) is 35.6 Å². The molecule has 0 radical (unpaired) electrons. The van der Waals surface area contributed by atoms with Gasteiger partial charge in [0.2, 0.25) is 0 Å². The smallest absolute Gasteiger partial charge is 0.152 e. The Hall–Kier alpha value is -0.950. The SMILES string of the molecule is C=C/C(Cl)=c1/occ/c1=C(\C)CC. The van der Waals surface area contributed by atoms with E-state index < -0.39 is 0 Å². The fourth-order valence-corrected chi connectivity index (χ4v) is 1.26. The van der Waals surface area contributed by atoms with Gasteiger partial charge in [0.15, 0.2) is 5.42 Å². The number of hydrogen-bond acceptors (Lipinski definition) is 1. The molecule has 2 heteroatoms. The van der Waals surface area contributed by atoms with Gasteiger partial charge in [-0.15, -0.1) is 0 Å². The molecular weight excluding hydrogens is 184 g/mol. The Morgan fingerprint density at radius 1 is 1.69 bits per heavy atom. The molecule has 0 atom stereocenters. The van der Waals surface area contributed by atoms with Gasteiger partial charge >= 0.3 is 0 Å². The summed E-state index contributed by atoms with van der Waals surface area (Å²) in [6.07, 6.45) is 4.23. The van der Waals surface area contributed by atoms with Gasteiger partial charge in [-0.2, -0.15) is 0 Å². The Balaban J connectivity index is 3.60. The molecule has 0 aliphatic heterocycles. The molecule has 0 saturated heterocycles. The molecule has 1 aromatic rings. The molecule has 0 spiro atoms. The van der Waals surface area contributed by atoms with E-state index in [9.17, 15) is 0 Å². The van der Waals surface area contributed by atoms with Crippen LogP contribution in [0.25, 0.3) is 10.6 Å². The molecule has 0 fully saturated rings. The summed E-state index contributed by atoms with van der Waals surface area (Å²) < 4.78 is 5.28. The highest BCUT2D eigenvalue weighted by atomic mass is 35.5. The summed E-state index contributed by atoms with van der Waals surface area (Å²) in [5.74, 6) is 0. The number of furan rings is 1. The molecule has 0 saturated carbocycles. The summed E-state index contributed by atoms with van der Waals surface area (Å²) in [5, 5.41) is 1.64. The van der Waals surface area contributed by atoms with Gasteiger partial charge in [0.1, 0.15) is 0 Å². The summed E-state index contributed by atoms with van der Waals surface area (Å²) in [7, 11) is 0. The van der Waals surface area contributed by atoms with Gasteiger partial charge in [0, 0.05) is 5.22 Å². The average molecular weight is 197 g/mol. The molecule has 13 heavy (non-hydrogen) atoms. The van der Waals surface area contributed by atoms with Crippen LogP contribution in [-0.4, -0.2) is 0 Å². The normalized spacial score (nSPS) is 15.3. The van der Waals surface area contributed by atoms with E-state index in [0.29, 0.717) is 5.03 Å². The zero-order valence-corrected chi connectivity index (χ0v) is 8.69. The standard InChI is InChI=1S/C11H13ClO/c1-4-8(3)9-6-7-13-11(9)10(12)5-2/h5-7H,2,4H2,1,3H3/b9-8-,11-10-. The van der Waals surface area contributed by atoms with Crippen LogP contribution < -0.4 is 10.6 Å². The first kappa shape index (κ1) is 10.1. The van der Waals surface area contributed by atoms with Crippen LogP contribution in [0.2, 0.25) is 0 Å². The number of allylic oxidation sites excluding steroid dienone is 1. The molecule has 1 nitrogen and oxygen atoms in total. The third kappa shape index (κ3) is 2.04. The lowest BCUT2D eigenvalue weighted by Gasteiger charge is -1.91. The fourth-order valence-electron chi connectivity index (χ4n) is 1.11. The molecule has 0 aromatic carbocycles. The van der Waals surface area contributed by atoms with Crippen LogP contribution in [0, 0.1) is 0 Å². The zero-order chi connectivity index (χ0) is 9.84. The van der Waals surface area contributed by atoms with Crippen LogP contribution in [0.4, 0.5) is 0 Å². The third-order valence-corrected chi connectivity index (χ3v) is 2.38. The molecule has 1 rings (SSSR count). The van der Waals surface area contributed by atoms with Crippen LogP contribution >= 0.6 is 11.6 Å². The summed E-state index contributed by atoms with van der Waals surface area (Å²) in [4.78, 5) is 0. The van der Waals surface area contributed by atoms with Gasteiger partial charge in [0.25, 0.3) is 0 Å². The molecule has 70 valence electrons. The maximum Gasteiger partial charge on any atom is 0.152 e. The first-order chi connectivity index (χ1) is 6.20. The van der Waals surface area contributed by atoms with Crippen LogP contribution in [0.15, 0.2) is 29.4 Å². The molecule has 1 heterocycles. The van der Waals surface area contributed by atoms with Gasteiger partial charge < -0.3 is 4.42 Å². The van der Waals surface area contributed by atoms with Gasteiger partial charge in [0.05, 0.1) is 11.3 Å². The monoisotopic (exact) mass is 196 g/mol. The van der Waals surface area contributed by atoms with E-state index in [-0.39, 0.29) is 0 Å². The topological polar surface area (TPSA) is 13.1 Å². The van der Waals surface area contributed by atoms with Crippen LogP contribution in [0.5, 0.6) is 0 Å². The van der Waals surface area contributed by atoms with Gasteiger partial charge in [-0.25, -0.2) is 0 Å². The Morgan fingerprint density at radius 3 is 2.92 bits per heavy atom. The molecule has 0 amide bonds. The van der Waals surface area contributed by atoms with Crippen LogP contribution in [-0.2, 0) is 0 Å². The van der Waals surface area contributed by atoms with Crippen molar-refractivity contribution in [2.75, 3.05) is 0 Å². The Morgan fingerprint density at radius 2 is 2.38 bits per heavy atom. The fraction of sp³-hybridized carbons (Fsp3) is 0.273. The highest BCUT2D eigenvalue weighted by Gasteiger charge is 1.97. The average Bonchev–Trinajstić information content (AvgIpc) is 2.63. The van der Waals surface area contributed by atoms with Gasteiger partial charge in [-0.3, -0.25) is 0 Å². The summed E-state index contributed by atoms with van der Waals surface area (Å²) in [5.41, 5.74) is 1.99. The third-order valence-electron chi connectivity index (χ3n) is 2.05. The summed E-state index contributed by atoms with van der Waals surface area (Å²) in [6.45, 7) is 7.78. The number of rotatable bonds is 2.